The smallest absolute Gasteiger partial charge is 0.320 e. The number of hydrogen-bond acceptors (Lipinski definition) is 3. The molecule has 1 rings (SSSR count). The van der Waals surface area contributed by atoms with Gasteiger partial charge in [-0.3, -0.25) is 4.79 Å². The number of nitrogens with one attached hydrogen (secondary N) is 1. The lowest BCUT2D eigenvalue weighted by molar-refractivity contribution is -0.139. The summed E-state index contributed by atoms with van der Waals surface area (Å²) >= 11 is 1.63. The molecule has 4 heteroatoms. The Morgan fingerprint density at radius 3 is 3.00 bits per heavy atom. The Kier molecular flexibility index (Phi) is 4.62. The van der Waals surface area contributed by atoms with E-state index in [9.17, 15) is 4.79 Å². The summed E-state index contributed by atoms with van der Waals surface area (Å²) in [5, 5.41) is 15.9. The quantitative estimate of drug-likeness (QED) is 0.760. The van der Waals surface area contributed by atoms with Crippen LogP contribution in [0.25, 0.3) is 0 Å². The molecule has 0 aliphatic rings. The molecule has 0 saturated carbocycles. The van der Waals surface area contributed by atoms with Gasteiger partial charge >= 0.3 is 5.97 Å². The summed E-state index contributed by atoms with van der Waals surface area (Å²) in [6.07, 6.45) is 1.56. The van der Waals surface area contributed by atoms with E-state index in [1.165, 1.54) is 0 Å². The first-order valence-corrected chi connectivity index (χ1v) is 5.65. The molecule has 0 bridgehead atoms. The zero-order valence-electron chi connectivity index (χ0n) is 8.19. The van der Waals surface area contributed by atoms with Crippen LogP contribution in [0.5, 0.6) is 0 Å². The third-order valence-electron chi connectivity index (χ3n) is 2.01. The van der Waals surface area contributed by atoms with Gasteiger partial charge < -0.3 is 10.4 Å². The topological polar surface area (TPSA) is 49.3 Å². The van der Waals surface area contributed by atoms with Crippen molar-refractivity contribution in [3.63, 3.8) is 0 Å². The van der Waals surface area contributed by atoms with Crippen molar-refractivity contribution in [2.45, 2.75) is 32.4 Å². The second kappa shape index (κ2) is 5.78. The van der Waals surface area contributed by atoms with E-state index in [1.54, 1.807) is 11.3 Å². The fraction of sp³-hybridized carbons (Fsp3) is 0.500. The predicted octanol–water partition coefficient (Wildman–Crippen LogP) is 2.09. The van der Waals surface area contributed by atoms with Crippen LogP contribution in [-0.2, 0) is 11.3 Å². The first-order valence-electron chi connectivity index (χ1n) is 4.71. The highest BCUT2D eigenvalue weighted by Gasteiger charge is 2.14. The van der Waals surface area contributed by atoms with E-state index >= 15 is 0 Å². The number of rotatable bonds is 6. The highest BCUT2D eigenvalue weighted by atomic mass is 32.1. The van der Waals surface area contributed by atoms with E-state index in [0.717, 1.165) is 12.0 Å². The Labute approximate surface area is 87.8 Å². The van der Waals surface area contributed by atoms with Gasteiger partial charge in [-0.2, -0.15) is 11.3 Å². The maximum atomic E-state index is 10.8. The molecule has 1 aromatic rings. The minimum atomic E-state index is -0.762. The minimum Gasteiger partial charge on any atom is -0.480 e. The Balaban J connectivity index is 2.37. The van der Waals surface area contributed by atoms with E-state index in [4.69, 9.17) is 5.11 Å². The first-order chi connectivity index (χ1) is 6.74. The van der Waals surface area contributed by atoms with Crippen molar-refractivity contribution >= 4 is 17.3 Å². The van der Waals surface area contributed by atoms with E-state index < -0.39 is 12.0 Å². The van der Waals surface area contributed by atoms with Gasteiger partial charge in [0.2, 0.25) is 0 Å². The summed E-state index contributed by atoms with van der Waals surface area (Å²) in [6, 6.07) is 1.59. The molecule has 0 fully saturated rings. The Morgan fingerprint density at radius 1 is 1.71 bits per heavy atom. The highest BCUT2D eigenvalue weighted by Crippen LogP contribution is 2.06. The SMILES string of the molecule is CCCC(NCc1ccsc1)C(=O)O. The lowest BCUT2D eigenvalue weighted by atomic mass is 10.1. The summed E-state index contributed by atoms with van der Waals surface area (Å²) in [5.41, 5.74) is 1.15. The number of hydrogen-bond donors (Lipinski definition) is 2. The van der Waals surface area contributed by atoms with Crippen LogP contribution in [0.3, 0.4) is 0 Å². The molecule has 2 N–H and O–H groups in total. The van der Waals surface area contributed by atoms with Crippen LogP contribution in [0.15, 0.2) is 16.8 Å². The monoisotopic (exact) mass is 213 g/mol. The van der Waals surface area contributed by atoms with Gasteiger partial charge in [0, 0.05) is 6.54 Å². The van der Waals surface area contributed by atoms with Crippen LogP contribution in [0, 0.1) is 0 Å². The molecule has 1 heterocycles. The van der Waals surface area contributed by atoms with Crippen molar-refractivity contribution in [3.05, 3.63) is 22.4 Å². The maximum absolute atomic E-state index is 10.8. The standard InChI is InChI=1S/C10H15NO2S/c1-2-3-9(10(12)13)11-6-8-4-5-14-7-8/h4-5,7,9,11H,2-3,6H2,1H3,(H,12,13). The zero-order chi connectivity index (χ0) is 10.4. The van der Waals surface area contributed by atoms with Crippen LogP contribution in [0.2, 0.25) is 0 Å². The van der Waals surface area contributed by atoms with Crippen molar-refractivity contribution in [2.75, 3.05) is 0 Å². The summed E-state index contributed by atoms with van der Waals surface area (Å²) in [5.74, 6) is -0.762. The average Bonchev–Trinajstić information content (AvgIpc) is 2.64. The van der Waals surface area contributed by atoms with Gasteiger partial charge in [0.1, 0.15) is 6.04 Å². The van der Waals surface area contributed by atoms with E-state index in [1.807, 2.05) is 23.8 Å². The predicted molar refractivity (Wildman–Crippen MR) is 57.5 cm³/mol. The fourth-order valence-electron chi connectivity index (χ4n) is 1.24. The molecule has 78 valence electrons. The molecule has 1 atom stereocenters. The normalized spacial score (nSPS) is 12.6. The number of aliphatic carboxylic acids is 1. The average molecular weight is 213 g/mol. The minimum absolute atomic E-state index is 0.417. The van der Waals surface area contributed by atoms with Crippen LogP contribution in [0.4, 0.5) is 0 Å². The van der Waals surface area contributed by atoms with Gasteiger partial charge in [-0.25, -0.2) is 0 Å². The van der Waals surface area contributed by atoms with Gasteiger partial charge in [-0.1, -0.05) is 13.3 Å². The second-order valence-corrected chi connectivity index (χ2v) is 3.97. The second-order valence-electron chi connectivity index (χ2n) is 3.19. The third-order valence-corrected chi connectivity index (χ3v) is 2.74. The van der Waals surface area contributed by atoms with E-state index in [-0.39, 0.29) is 0 Å². The van der Waals surface area contributed by atoms with Crippen molar-refractivity contribution in [3.8, 4) is 0 Å². The van der Waals surface area contributed by atoms with Crippen molar-refractivity contribution in [1.29, 1.82) is 0 Å². The largest absolute Gasteiger partial charge is 0.480 e. The van der Waals surface area contributed by atoms with Crippen LogP contribution in [0.1, 0.15) is 25.3 Å². The molecule has 3 nitrogen and oxygen atoms in total. The van der Waals surface area contributed by atoms with Gasteiger partial charge in [-0.15, -0.1) is 0 Å². The Morgan fingerprint density at radius 2 is 2.50 bits per heavy atom. The molecule has 0 spiro atoms. The first kappa shape index (κ1) is 11.2. The molecular formula is C10H15NO2S. The summed E-state index contributed by atoms with van der Waals surface area (Å²) in [6.45, 7) is 2.63. The number of carbonyl (C=O) groups is 1. The van der Waals surface area contributed by atoms with Gasteiger partial charge in [0.05, 0.1) is 0 Å². The van der Waals surface area contributed by atoms with Crippen LogP contribution in [-0.4, -0.2) is 17.1 Å². The molecule has 0 aromatic carbocycles. The molecule has 14 heavy (non-hydrogen) atoms. The highest BCUT2D eigenvalue weighted by molar-refractivity contribution is 7.07. The molecule has 0 aliphatic heterocycles. The summed E-state index contributed by atoms with van der Waals surface area (Å²) in [7, 11) is 0. The summed E-state index contributed by atoms with van der Waals surface area (Å²) in [4.78, 5) is 10.8. The van der Waals surface area contributed by atoms with Crippen LogP contribution >= 0.6 is 11.3 Å². The van der Waals surface area contributed by atoms with E-state index in [0.29, 0.717) is 13.0 Å². The van der Waals surface area contributed by atoms with E-state index in [2.05, 4.69) is 5.32 Å². The van der Waals surface area contributed by atoms with Crippen LogP contribution < -0.4 is 5.32 Å². The molecule has 0 aliphatic carbocycles. The molecule has 1 unspecified atom stereocenters. The maximum Gasteiger partial charge on any atom is 0.320 e. The number of carboxylic acid groups (broad SMARTS) is 1. The molecule has 0 radical (unpaired) electrons. The Hall–Kier alpha value is -0.870. The Bertz CT molecular complexity index is 272. The fourth-order valence-corrected chi connectivity index (χ4v) is 1.90. The van der Waals surface area contributed by atoms with Gasteiger partial charge in [0.15, 0.2) is 0 Å². The van der Waals surface area contributed by atoms with Crippen molar-refractivity contribution in [1.82, 2.24) is 5.32 Å². The van der Waals surface area contributed by atoms with Gasteiger partial charge in [-0.05, 0) is 28.8 Å². The van der Waals surface area contributed by atoms with Crippen molar-refractivity contribution < 1.29 is 9.90 Å². The lowest BCUT2D eigenvalue weighted by Crippen LogP contribution is -2.35. The lowest BCUT2D eigenvalue weighted by Gasteiger charge is -2.12. The van der Waals surface area contributed by atoms with Gasteiger partial charge in [0.25, 0.3) is 0 Å². The summed E-state index contributed by atoms with van der Waals surface area (Å²) < 4.78 is 0. The molecule has 1 aromatic heterocycles. The number of carboxylic acids is 1. The third kappa shape index (κ3) is 3.47. The molecule has 0 amide bonds. The zero-order valence-corrected chi connectivity index (χ0v) is 9.01. The van der Waals surface area contributed by atoms with Crippen molar-refractivity contribution in [2.24, 2.45) is 0 Å². The molecule has 0 saturated heterocycles. The molecular weight excluding hydrogens is 198 g/mol. The number of thiophene rings is 1.